The Morgan fingerprint density at radius 2 is 1.48 bits per heavy atom. The van der Waals surface area contributed by atoms with Crippen LogP contribution in [0.2, 0.25) is 0 Å². The number of carbonyl (C=O) groups is 4. The topological polar surface area (TPSA) is 84.0 Å². The number of carbonyl (C=O) groups excluding carboxylic acids is 4. The lowest BCUT2D eigenvalue weighted by Gasteiger charge is -2.49. The molecule has 2 aliphatic heterocycles. The Bertz CT molecular complexity index is 1070. The van der Waals surface area contributed by atoms with E-state index in [9.17, 15) is 19.2 Å². The van der Waals surface area contributed by atoms with Gasteiger partial charge in [-0.1, -0.05) is 46.3 Å². The highest BCUT2D eigenvalue weighted by Gasteiger charge is 2.57. The van der Waals surface area contributed by atoms with Crippen molar-refractivity contribution < 1.29 is 23.9 Å². The molecule has 0 N–H and O–H groups in total. The van der Waals surface area contributed by atoms with Crippen LogP contribution in [0.1, 0.15) is 53.1 Å². The number of hydrogen-bond acceptors (Lipinski definition) is 5. The minimum atomic E-state index is -1.03. The lowest BCUT2D eigenvalue weighted by atomic mass is 9.87. The van der Waals surface area contributed by atoms with E-state index >= 15 is 0 Å². The maximum atomic E-state index is 13.1. The van der Waals surface area contributed by atoms with Crippen molar-refractivity contribution in [3.05, 3.63) is 69.7 Å². The zero-order valence-corrected chi connectivity index (χ0v) is 18.9. The number of rotatable bonds is 4. The van der Waals surface area contributed by atoms with E-state index in [0.29, 0.717) is 10.0 Å². The number of amides is 3. The van der Waals surface area contributed by atoms with Crippen LogP contribution in [0, 0.1) is 0 Å². The van der Waals surface area contributed by atoms with Gasteiger partial charge in [-0.3, -0.25) is 24.1 Å². The zero-order valence-electron chi connectivity index (χ0n) is 17.3. The number of hydrogen-bond donors (Lipinski definition) is 0. The summed E-state index contributed by atoms with van der Waals surface area (Å²) < 4.78 is 6.08. The number of halogens is 1. The number of esters is 1. The van der Waals surface area contributed by atoms with Crippen LogP contribution in [0.5, 0.6) is 0 Å². The number of fused-ring (bicyclic) bond motifs is 1. The molecule has 31 heavy (non-hydrogen) atoms. The summed E-state index contributed by atoms with van der Waals surface area (Å²) in [6.45, 7) is 4.96. The van der Waals surface area contributed by atoms with Crippen LogP contribution in [-0.4, -0.2) is 51.7 Å². The molecule has 2 unspecified atom stereocenters. The number of benzene rings is 2. The van der Waals surface area contributed by atoms with Gasteiger partial charge in [0, 0.05) is 4.47 Å². The molecule has 0 spiro atoms. The third kappa shape index (κ3) is 3.65. The highest BCUT2D eigenvalue weighted by Crippen LogP contribution is 2.43. The molecule has 7 nitrogen and oxygen atoms in total. The summed E-state index contributed by atoms with van der Waals surface area (Å²) in [6, 6.07) is 12.0. The first-order valence-corrected chi connectivity index (χ1v) is 10.6. The van der Waals surface area contributed by atoms with E-state index in [1.165, 1.54) is 4.90 Å². The van der Waals surface area contributed by atoms with Gasteiger partial charge in [0.25, 0.3) is 11.8 Å². The van der Waals surface area contributed by atoms with Crippen LogP contribution in [0.25, 0.3) is 0 Å². The molecule has 0 saturated carbocycles. The molecule has 0 radical (unpaired) electrons. The quantitative estimate of drug-likeness (QED) is 0.377. The first-order chi connectivity index (χ1) is 14.6. The average molecular weight is 485 g/mol. The monoisotopic (exact) mass is 484 g/mol. The van der Waals surface area contributed by atoms with E-state index in [-0.39, 0.29) is 17.7 Å². The number of imide groups is 1. The molecule has 0 aliphatic carbocycles. The van der Waals surface area contributed by atoms with E-state index in [1.807, 2.05) is 12.1 Å². The maximum Gasteiger partial charge on any atom is 0.326 e. The number of β-lactam (4-membered cyclic amide) rings is 1. The summed E-state index contributed by atoms with van der Waals surface area (Å²) >= 11 is 3.49. The van der Waals surface area contributed by atoms with Gasteiger partial charge in [-0.25, -0.2) is 0 Å². The Labute approximate surface area is 188 Å². The van der Waals surface area contributed by atoms with Crippen LogP contribution in [0.4, 0.5) is 0 Å². The van der Waals surface area contributed by atoms with Crippen LogP contribution in [-0.2, 0) is 14.3 Å². The van der Waals surface area contributed by atoms with E-state index < -0.39 is 41.4 Å². The summed E-state index contributed by atoms with van der Waals surface area (Å²) in [5.41, 5.74) is 0.552. The number of nitrogens with zero attached hydrogens (tertiary/aromatic N) is 2. The van der Waals surface area contributed by atoms with Gasteiger partial charge in [0.05, 0.1) is 17.2 Å². The Hall–Kier alpha value is -3.00. The molecule has 2 atom stereocenters. The second kappa shape index (κ2) is 7.60. The SMILES string of the molecule is CC(C)(C)OC(=O)CN1C(=O)C(N2C(=O)c3ccccc3C2=O)C1c1ccccc1Br. The summed E-state index contributed by atoms with van der Waals surface area (Å²) in [7, 11) is 0. The molecule has 3 amide bonds. The van der Waals surface area contributed by atoms with Crippen molar-refractivity contribution in [3.8, 4) is 0 Å². The van der Waals surface area contributed by atoms with Crippen molar-refractivity contribution >= 4 is 39.6 Å². The summed E-state index contributed by atoms with van der Waals surface area (Å²) in [5, 5.41) is 0. The summed E-state index contributed by atoms with van der Waals surface area (Å²) in [6.07, 6.45) is 0. The predicted octanol–water partition coefficient (Wildman–Crippen LogP) is 3.34. The van der Waals surface area contributed by atoms with Crippen molar-refractivity contribution in [2.75, 3.05) is 6.54 Å². The van der Waals surface area contributed by atoms with Gasteiger partial charge in [0.1, 0.15) is 18.2 Å². The second-order valence-corrected chi connectivity index (χ2v) is 9.34. The van der Waals surface area contributed by atoms with Gasteiger partial charge < -0.3 is 9.64 Å². The van der Waals surface area contributed by atoms with Crippen molar-refractivity contribution in [1.29, 1.82) is 0 Å². The third-order valence-corrected chi connectivity index (χ3v) is 5.94. The summed E-state index contributed by atoms with van der Waals surface area (Å²) in [5.74, 6) is -2.04. The van der Waals surface area contributed by atoms with Crippen molar-refractivity contribution in [3.63, 3.8) is 0 Å². The third-order valence-electron chi connectivity index (χ3n) is 5.22. The fraction of sp³-hybridized carbons (Fsp3) is 0.304. The lowest BCUT2D eigenvalue weighted by Crippen LogP contribution is -2.67. The van der Waals surface area contributed by atoms with Crippen LogP contribution in [0.15, 0.2) is 53.0 Å². The first-order valence-electron chi connectivity index (χ1n) is 9.84. The highest BCUT2D eigenvalue weighted by atomic mass is 79.9. The van der Waals surface area contributed by atoms with E-state index in [0.717, 1.165) is 4.90 Å². The second-order valence-electron chi connectivity index (χ2n) is 8.49. The van der Waals surface area contributed by atoms with E-state index in [4.69, 9.17) is 4.74 Å². The standard InChI is InChI=1S/C23H21BrN2O5/c1-23(2,3)31-17(27)12-25-18(15-10-6-7-11-16(15)24)19(22(25)30)26-20(28)13-8-4-5-9-14(13)21(26)29/h4-11,18-19H,12H2,1-3H3. The molecular weight excluding hydrogens is 464 g/mol. The Kier molecular flexibility index (Phi) is 5.21. The molecule has 2 aromatic carbocycles. The van der Waals surface area contributed by atoms with Gasteiger partial charge in [0.15, 0.2) is 0 Å². The predicted molar refractivity (Wildman–Crippen MR) is 115 cm³/mol. The lowest BCUT2D eigenvalue weighted by molar-refractivity contribution is -0.170. The number of likely N-dealkylation sites (tertiary alicyclic amines) is 1. The molecule has 1 saturated heterocycles. The van der Waals surface area contributed by atoms with Crippen molar-refractivity contribution in [2.24, 2.45) is 0 Å². The molecule has 8 heteroatoms. The van der Waals surface area contributed by atoms with Crippen LogP contribution < -0.4 is 0 Å². The normalized spacial score (nSPS) is 20.6. The Morgan fingerprint density at radius 3 is 2.03 bits per heavy atom. The highest BCUT2D eigenvalue weighted by molar-refractivity contribution is 9.10. The molecule has 4 rings (SSSR count). The van der Waals surface area contributed by atoms with Crippen LogP contribution in [0.3, 0.4) is 0 Å². The van der Waals surface area contributed by atoms with Crippen molar-refractivity contribution in [1.82, 2.24) is 9.80 Å². The van der Waals surface area contributed by atoms with Crippen molar-refractivity contribution in [2.45, 2.75) is 38.5 Å². The van der Waals surface area contributed by atoms with E-state index in [1.54, 1.807) is 57.2 Å². The van der Waals surface area contributed by atoms with Gasteiger partial charge in [-0.05, 0) is 44.5 Å². The molecule has 160 valence electrons. The smallest absolute Gasteiger partial charge is 0.326 e. The largest absolute Gasteiger partial charge is 0.459 e. The molecular formula is C23H21BrN2O5. The van der Waals surface area contributed by atoms with Gasteiger partial charge in [-0.2, -0.15) is 0 Å². The Balaban J connectivity index is 1.69. The van der Waals surface area contributed by atoms with Gasteiger partial charge in [-0.15, -0.1) is 0 Å². The van der Waals surface area contributed by atoms with Gasteiger partial charge in [0.2, 0.25) is 5.91 Å². The minimum Gasteiger partial charge on any atom is -0.459 e. The fourth-order valence-corrected chi connectivity index (χ4v) is 4.50. The van der Waals surface area contributed by atoms with E-state index in [2.05, 4.69) is 15.9 Å². The van der Waals surface area contributed by atoms with Crippen LogP contribution >= 0.6 is 15.9 Å². The molecule has 1 fully saturated rings. The number of ether oxygens (including phenoxy) is 1. The molecule has 2 aromatic rings. The fourth-order valence-electron chi connectivity index (χ4n) is 3.98. The van der Waals surface area contributed by atoms with Gasteiger partial charge >= 0.3 is 5.97 Å². The maximum absolute atomic E-state index is 13.1. The Morgan fingerprint density at radius 1 is 0.935 bits per heavy atom. The molecule has 0 aromatic heterocycles. The summed E-state index contributed by atoms with van der Waals surface area (Å²) in [4.78, 5) is 53.9. The average Bonchev–Trinajstić information content (AvgIpc) is 2.94. The minimum absolute atomic E-state index is 0.275. The first kappa shape index (κ1) is 21.2. The molecule has 0 bridgehead atoms. The zero-order chi connectivity index (χ0) is 22.5. The molecule has 2 heterocycles. The molecule has 2 aliphatic rings.